The predicted octanol–water partition coefficient (Wildman–Crippen LogP) is 5.44. The highest BCUT2D eigenvalue weighted by Crippen LogP contribution is 2.61. The third-order valence-corrected chi connectivity index (χ3v) is 7.79. The van der Waals surface area contributed by atoms with Gasteiger partial charge in [-0.3, -0.25) is 4.79 Å². The van der Waals surface area contributed by atoms with Gasteiger partial charge in [-0.2, -0.15) is 0 Å². The number of ether oxygens (including phenoxy) is 1. The largest absolute Gasteiger partial charge is 0.481 e. The number of carboxylic acids is 1. The van der Waals surface area contributed by atoms with E-state index in [-0.39, 0.29) is 23.2 Å². The van der Waals surface area contributed by atoms with Crippen LogP contribution in [-0.4, -0.2) is 16.1 Å². The number of aromatic nitrogens is 1. The van der Waals surface area contributed by atoms with Crippen molar-refractivity contribution in [3.05, 3.63) is 94.2 Å². The van der Waals surface area contributed by atoms with Crippen LogP contribution < -0.4 is 4.74 Å². The lowest BCUT2D eigenvalue weighted by Crippen LogP contribution is -2.12. The first kappa shape index (κ1) is 19.5. The van der Waals surface area contributed by atoms with Gasteiger partial charge in [-0.1, -0.05) is 62.4 Å². The van der Waals surface area contributed by atoms with Crippen molar-refractivity contribution in [2.45, 2.75) is 50.5 Å². The molecule has 3 aromatic rings. The molecule has 4 heteroatoms. The summed E-state index contributed by atoms with van der Waals surface area (Å²) in [6.45, 7) is 5.14. The summed E-state index contributed by atoms with van der Waals surface area (Å²) in [6, 6.07) is 19.5. The van der Waals surface area contributed by atoms with Gasteiger partial charge < -0.3 is 9.84 Å². The molecule has 1 aromatic heterocycles. The monoisotopic (exact) mass is 425 g/mol. The van der Waals surface area contributed by atoms with E-state index in [0.29, 0.717) is 18.4 Å². The number of fused-ring (bicyclic) bond motifs is 4. The van der Waals surface area contributed by atoms with Gasteiger partial charge in [-0.25, -0.2) is 4.98 Å². The molecule has 1 heterocycles. The van der Waals surface area contributed by atoms with E-state index in [1.165, 1.54) is 22.3 Å². The molecule has 0 amide bonds. The summed E-state index contributed by atoms with van der Waals surface area (Å²) in [4.78, 5) is 15.8. The first-order chi connectivity index (χ1) is 15.4. The van der Waals surface area contributed by atoms with Gasteiger partial charge in [-0.05, 0) is 57.6 Å². The molecule has 0 spiro atoms. The molecule has 4 unspecified atom stereocenters. The Labute approximate surface area is 188 Å². The zero-order valence-corrected chi connectivity index (χ0v) is 18.4. The van der Waals surface area contributed by atoms with E-state index < -0.39 is 5.97 Å². The Bertz CT molecular complexity index is 1220. The van der Waals surface area contributed by atoms with E-state index >= 15 is 0 Å². The average molecular weight is 426 g/mol. The molecule has 162 valence electrons. The molecule has 3 aliphatic carbocycles. The predicted molar refractivity (Wildman–Crippen MR) is 122 cm³/mol. The molecule has 0 bridgehead atoms. The maximum absolute atomic E-state index is 11.3. The highest BCUT2D eigenvalue weighted by molar-refractivity contribution is 5.77. The van der Waals surface area contributed by atoms with Crippen LogP contribution in [0.1, 0.15) is 65.5 Å². The van der Waals surface area contributed by atoms with Gasteiger partial charge in [0.05, 0.1) is 5.92 Å². The second-order valence-corrected chi connectivity index (χ2v) is 10.2. The number of nitrogens with zero attached hydrogens (tertiary/aromatic N) is 1. The highest BCUT2D eigenvalue weighted by Gasteiger charge is 2.59. The Kier molecular flexibility index (Phi) is 4.23. The SMILES string of the molecule is CC1(C)CC(c2ccccc2)c2cc(COc3cc4c(cn3)C3C(C4)C3C(=O)O)ccc21. The van der Waals surface area contributed by atoms with E-state index in [1.54, 1.807) is 0 Å². The van der Waals surface area contributed by atoms with Crippen molar-refractivity contribution in [1.29, 1.82) is 0 Å². The first-order valence-electron chi connectivity index (χ1n) is 11.4. The van der Waals surface area contributed by atoms with E-state index in [0.717, 1.165) is 24.0 Å². The molecule has 32 heavy (non-hydrogen) atoms. The zero-order chi connectivity index (χ0) is 22.0. The molecule has 1 fully saturated rings. The molecular weight excluding hydrogens is 398 g/mol. The molecule has 0 aliphatic heterocycles. The molecular formula is C28H27NO3. The number of rotatable bonds is 5. The maximum atomic E-state index is 11.3. The van der Waals surface area contributed by atoms with Crippen LogP contribution in [0.3, 0.4) is 0 Å². The summed E-state index contributed by atoms with van der Waals surface area (Å²) in [5, 5.41) is 9.29. The molecule has 3 aliphatic rings. The fraction of sp³-hybridized carbons (Fsp3) is 0.357. The van der Waals surface area contributed by atoms with Gasteiger partial charge in [0.15, 0.2) is 0 Å². The van der Waals surface area contributed by atoms with Crippen LogP contribution in [-0.2, 0) is 23.2 Å². The zero-order valence-electron chi connectivity index (χ0n) is 18.4. The Hall–Kier alpha value is -3.14. The lowest BCUT2D eigenvalue weighted by atomic mass is 9.85. The van der Waals surface area contributed by atoms with E-state index in [1.807, 2.05) is 12.3 Å². The van der Waals surface area contributed by atoms with Gasteiger partial charge in [0.25, 0.3) is 0 Å². The molecule has 4 atom stereocenters. The van der Waals surface area contributed by atoms with Crippen LogP contribution in [0.15, 0.2) is 60.8 Å². The third-order valence-electron chi connectivity index (χ3n) is 7.79. The minimum Gasteiger partial charge on any atom is -0.481 e. The quantitative estimate of drug-likeness (QED) is 0.591. The summed E-state index contributed by atoms with van der Waals surface area (Å²) in [5.41, 5.74) is 7.81. The van der Waals surface area contributed by atoms with Gasteiger partial charge in [0.1, 0.15) is 6.61 Å². The van der Waals surface area contributed by atoms with Crippen LogP contribution in [0.5, 0.6) is 5.88 Å². The maximum Gasteiger partial charge on any atom is 0.307 e. The van der Waals surface area contributed by atoms with Gasteiger partial charge in [-0.15, -0.1) is 0 Å². The number of aliphatic carboxylic acids is 1. The highest BCUT2D eigenvalue weighted by atomic mass is 16.5. The Morgan fingerprint density at radius 3 is 2.72 bits per heavy atom. The van der Waals surface area contributed by atoms with Crippen molar-refractivity contribution >= 4 is 5.97 Å². The standard InChI is InChI=1S/C28H27NO3/c1-28(2)13-21(17-6-4-3-5-7-17)19-10-16(8-9-23(19)28)15-32-24-12-18-11-20-25(22(18)14-29-24)26(20)27(30)31/h3-10,12,14,20-21,25-26H,11,13,15H2,1-2H3,(H,30,31). The molecule has 0 saturated heterocycles. The number of benzene rings is 2. The third kappa shape index (κ3) is 3.04. The van der Waals surface area contributed by atoms with Crippen molar-refractivity contribution in [2.24, 2.45) is 11.8 Å². The van der Waals surface area contributed by atoms with Gasteiger partial charge in [0, 0.05) is 24.1 Å². The summed E-state index contributed by atoms with van der Waals surface area (Å²) < 4.78 is 6.07. The Morgan fingerprint density at radius 1 is 1.12 bits per heavy atom. The van der Waals surface area contributed by atoms with Crippen LogP contribution in [0.25, 0.3) is 0 Å². The second-order valence-electron chi connectivity index (χ2n) is 10.2. The van der Waals surface area contributed by atoms with Crippen LogP contribution in [0, 0.1) is 11.8 Å². The molecule has 1 N–H and O–H groups in total. The van der Waals surface area contributed by atoms with Crippen molar-refractivity contribution in [3.8, 4) is 5.88 Å². The topological polar surface area (TPSA) is 59.4 Å². The van der Waals surface area contributed by atoms with Crippen LogP contribution in [0.4, 0.5) is 0 Å². The molecule has 2 aromatic carbocycles. The number of hydrogen-bond acceptors (Lipinski definition) is 3. The summed E-state index contributed by atoms with van der Waals surface area (Å²) in [7, 11) is 0. The smallest absolute Gasteiger partial charge is 0.307 e. The Balaban J connectivity index is 1.21. The van der Waals surface area contributed by atoms with E-state index in [9.17, 15) is 9.90 Å². The lowest BCUT2D eigenvalue weighted by Gasteiger charge is -2.19. The normalized spacial score (nSPS) is 26.2. The molecule has 1 saturated carbocycles. The summed E-state index contributed by atoms with van der Waals surface area (Å²) >= 11 is 0. The lowest BCUT2D eigenvalue weighted by molar-refractivity contribution is -0.139. The fourth-order valence-corrected chi connectivity index (χ4v) is 6.16. The van der Waals surface area contributed by atoms with Crippen molar-refractivity contribution < 1.29 is 14.6 Å². The van der Waals surface area contributed by atoms with Crippen LogP contribution >= 0.6 is 0 Å². The molecule has 0 radical (unpaired) electrons. The van der Waals surface area contributed by atoms with Crippen LogP contribution in [0.2, 0.25) is 0 Å². The average Bonchev–Trinajstić information content (AvgIpc) is 3.28. The summed E-state index contributed by atoms with van der Waals surface area (Å²) in [6.07, 6.45) is 3.76. The number of carbonyl (C=O) groups is 1. The number of carboxylic acid groups (broad SMARTS) is 1. The fourth-order valence-electron chi connectivity index (χ4n) is 6.16. The minimum atomic E-state index is -0.681. The Morgan fingerprint density at radius 2 is 1.94 bits per heavy atom. The first-order valence-corrected chi connectivity index (χ1v) is 11.4. The molecule has 4 nitrogen and oxygen atoms in total. The molecule has 6 rings (SSSR count). The van der Waals surface area contributed by atoms with Gasteiger partial charge >= 0.3 is 5.97 Å². The second kappa shape index (κ2) is 6.93. The van der Waals surface area contributed by atoms with E-state index in [4.69, 9.17) is 4.74 Å². The van der Waals surface area contributed by atoms with E-state index in [2.05, 4.69) is 67.4 Å². The number of hydrogen-bond donors (Lipinski definition) is 1. The van der Waals surface area contributed by atoms with Crippen molar-refractivity contribution in [1.82, 2.24) is 4.98 Å². The van der Waals surface area contributed by atoms with Crippen molar-refractivity contribution in [2.75, 3.05) is 0 Å². The van der Waals surface area contributed by atoms with Crippen molar-refractivity contribution in [3.63, 3.8) is 0 Å². The minimum absolute atomic E-state index is 0.152. The van der Waals surface area contributed by atoms with Gasteiger partial charge in [0.2, 0.25) is 5.88 Å². The summed E-state index contributed by atoms with van der Waals surface area (Å²) in [5.74, 6) is 0.531. The number of pyridine rings is 1.